The highest BCUT2D eigenvalue weighted by atomic mass is 79.9. The van der Waals surface area contributed by atoms with Gasteiger partial charge in [-0.25, -0.2) is 13.1 Å². The molecular formula is C12H15BrClNO3S. The molecule has 7 heteroatoms. The molecular weight excluding hydrogens is 354 g/mol. The van der Waals surface area contributed by atoms with Crippen LogP contribution in [0.4, 0.5) is 0 Å². The van der Waals surface area contributed by atoms with Crippen LogP contribution in [0, 0.1) is 0 Å². The zero-order valence-electron chi connectivity index (χ0n) is 10.4. The van der Waals surface area contributed by atoms with Crippen LogP contribution >= 0.6 is 27.5 Å². The Balaban J connectivity index is 2.12. The summed E-state index contributed by atoms with van der Waals surface area (Å²) in [4.78, 5) is 0.213. The van der Waals surface area contributed by atoms with Crippen molar-refractivity contribution in [1.29, 1.82) is 0 Å². The molecule has 0 aromatic heterocycles. The zero-order valence-corrected chi connectivity index (χ0v) is 13.6. The first-order valence-electron chi connectivity index (χ1n) is 5.92. The molecule has 1 aliphatic rings. The monoisotopic (exact) mass is 367 g/mol. The minimum absolute atomic E-state index is 0.0654. The van der Waals surface area contributed by atoms with E-state index in [1.165, 1.54) is 12.1 Å². The van der Waals surface area contributed by atoms with E-state index in [9.17, 15) is 8.42 Å². The third-order valence-electron chi connectivity index (χ3n) is 3.24. The molecule has 4 nitrogen and oxygen atoms in total. The highest BCUT2D eigenvalue weighted by Crippen LogP contribution is 2.27. The van der Waals surface area contributed by atoms with E-state index in [-0.39, 0.29) is 17.0 Å². The molecule has 1 aromatic rings. The predicted molar refractivity (Wildman–Crippen MR) is 77.9 cm³/mol. The molecule has 2 unspecified atom stereocenters. The number of ether oxygens (including phenoxy) is 1. The molecule has 2 rings (SSSR count). The molecule has 1 fully saturated rings. The van der Waals surface area contributed by atoms with Crippen molar-refractivity contribution in [2.45, 2.75) is 36.3 Å². The predicted octanol–water partition coefficient (Wildman–Crippen LogP) is 2.95. The molecule has 1 aromatic carbocycles. The fourth-order valence-electron chi connectivity index (χ4n) is 2.19. The van der Waals surface area contributed by atoms with E-state index in [2.05, 4.69) is 20.7 Å². The number of nitrogens with one attached hydrogen (secondary N) is 1. The van der Waals surface area contributed by atoms with Crippen LogP contribution in [0.15, 0.2) is 27.6 Å². The summed E-state index contributed by atoms with van der Waals surface area (Å²) in [6, 6.07) is 4.50. The van der Waals surface area contributed by atoms with Crippen molar-refractivity contribution < 1.29 is 13.2 Å². The molecule has 0 heterocycles. The Hall–Kier alpha value is -0.140. The van der Waals surface area contributed by atoms with E-state index < -0.39 is 10.0 Å². The van der Waals surface area contributed by atoms with Crippen molar-refractivity contribution in [3.8, 4) is 0 Å². The molecule has 0 radical (unpaired) electrons. The van der Waals surface area contributed by atoms with Crippen LogP contribution in [0.3, 0.4) is 0 Å². The van der Waals surface area contributed by atoms with E-state index >= 15 is 0 Å². The fourth-order valence-corrected chi connectivity index (χ4v) is 4.15. The van der Waals surface area contributed by atoms with E-state index in [0.717, 1.165) is 12.8 Å². The van der Waals surface area contributed by atoms with Crippen LogP contribution in [0.2, 0.25) is 5.02 Å². The number of benzene rings is 1. The first-order chi connectivity index (χ1) is 8.92. The minimum Gasteiger partial charge on any atom is -0.381 e. The number of sulfonamides is 1. The zero-order chi connectivity index (χ0) is 14.0. The summed E-state index contributed by atoms with van der Waals surface area (Å²) < 4.78 is 33.0. The standard InChI is InChI=1S/C12H15BrClNO3S/c1-18-9-3-2-8(6-9)15-19(16,17)10-4-5-12(14)11(13)7-10/h4-5,7-9,15H,2-3,6H2,1H3. The van der Waals surface area contributed by atoms with Crippen LogP contribution < -0.4 is 4.72 Å². The van der Waals surface area contributed by atoms with E-state index in [1.54, 1.807) is 13.2 Å². The first kappa shape index (κ1) is 15.3. The van der Waals surface area contributed by atoms with Gasteiger partial charge in [-0.2, -0.15) is 0 Å². The van der Waals surface area contributed by atoms with Crippen molar-refractivity contribution in [3.63, 3.8) is 0 Å². The number of hydrogen-bond acceptors (Lipinski definition) is 3. The van der Waals surface area contributed by atoms with Crippen LogP contribution in [-0.2, 0) is 14.8 Å². The molecule has 1 saturated carbocycles. The highest BCUT2D eigenvalue weighted by molar-refractivity contribution is 9.10. The summed E-state index contributed by atoms with van der Waals surface area (Å²) in [5.74, 6) is 0. The van der Waals surface area contributed by atoms with Gasteiger partial charge in [-0.1, -0.05) is 11.6 Å². The summed E-state index contributed by atoms with van der Waals surface area (Å²) in [6.45, 7) is 0. The summed E-state index contributed by atoms with van der Waals surface area (Å²) in [5, 5.41) is 0.485. The molecule has 19 heavy (non-hydrogen) atoms. The number of halogens is 2. The second-order valence-electron chi connectivity index (χ2n) is 4.56. The lowest BCUT2D eigenvalue weighted by Crippen LogP contribution is -2.33. The van der Waals surface area contributed by atoms with Crippen molar-refractivity contribution in [2.75, 3.05) is 7.11 Å². The smallest absolute Gasteiger partial charge is 0.240 e. The van der Waals surface area contributed by atoms with Gasteiger partial charge in [0, 0.05) is 17.6 Å². The molecule has 2 atom stereocenters. The minimum atomic E-state index is -3.51. The van der Waals surface area contributed by atoms with Crippen molar-refractivity contribution in [2.24, 2.45) is 0 Å². The van der Waals surface area contributed by atoms with Crippen LogP contribution in [0.25, 0.3) is 0 Å². The Bertz CT molecular complexity index is 564. The largest absolute Gasteiger partial charge is 0.381 e. The Morgan fingerprint density at radius 2 is 2.16 bits per heavy atom. The molecule has 0 spiro atoms. The quantitative estimate of drug-likeness (QED) is 0.889. The summed E-state index contributed by atoms with van der Waals surface area (Å²) in [6.07, 6.45) is 2.54. The number of rotatable bonds is 4. The Labute approximate surface area is 126 Å². The second kappa shape index (κ2) is 6.10. The molecule has 0 amide bonds. The third-order valence-corrected chi connectivity index (χ3v) is 5.97. The second-order valence-corrected chi connectivity index (χ2v) is 7.54. The van der Waals surface area contributed by atoms with Crippen LogP contribution in [0.1, 0.15) is 19.3 Å². The maximum atomic E-state index is 12.2. The van der Waals surface area contributed by atoms with E-state index in [0.29, 0.717) is 15.9 Å². The highest BCUT2D eigenvalue weighted by Gasteiger charge is 2.28. The van der Waals surface area contributed by atoms with E-state index in [4.69, 9.17) is 16.3 Å². The average molecular weight is 369 g/mol. The lowest BCUT2D eigenvalue weighted by Gasteiger charge is -2.13. The van der Waals surface area contributed by atoms with Crippen LogP contribution in [-0.4, -0.2) is 27.7 Å². The molecule has 1 N–H and O–H groups in total. The normalized spacial score (nSPS) is 23.7. The van der Waals surface area contributed by atoms with Gasteiger partial charge in [0.05, 0.1) is 16.0 Å². The van der Waals surface area contributed by atoms with Gasteiger partial charge in [0.1, 0.15) is 0 Å². The third kappa shape index (κ3) is 3.70. The Morgan fingerprint density at radius 1 is 1.42 bits per heavy atom. The summed E-state index contributed by atoms with van der Waals surface area (Å²) in [5.41, 5.74) is 0. The topological polar surface area (TPSA) is 55.4 Å². The van der Waals surface area contributed by atoms with Crippen molar-refractivity contribution in [1.82, 2.24) is 4.72 Å². The summed E-state index contributed by atoms with van der Waals surface area (Å²) in [7, 11) is -1.86. The fraction of sp³-hybridized carbons (Fsp3) is 0.500. The number of methoxy groups -OCH3 is 1. The van der Waals surface area contributed by atoms with Gasteiger partial charge in [0.2, 0.25) is 10.0 Å². The van der Waals surface area contributed by atoms with Crippen LogP contribution in [0.5, 0.6) is 0 Å². The van der Waals surface area contributed by atoms with Gasteiger partial charge < -0.3 is 4.74 Å². The number of hydrogen-bond donors (Lipinski definition) is 1. The first-order valence-corrected chi connectivity index (χ1v) is 8.58. The van der Waals surface area contributed by atoms with Gasteiger partial charge in [-0.3, -0.25) is 0 Å². The van der Waals surface area contributed by atoms with Crippen molar-refractivity contribution in [3.05, 3.63) is 27.7 Å². The molecule has 0 aliphatic heterocycles. The maximum absolute atomic E-state index is 12.2. The van der Waals surface area contributed by atoms with E-state index in [1.807, 2.05) is 0 Å². The van der Waals surface area contributed by atoms with Gasteiger partial charge >= 0.3 is 0 Å². The lowest BCUT2D eigenvalue weighted by atomic mass is 10.3. The van der Waals surface area contributed by atoms with Gasteiger partial charge in [-0.15, -0.1) is 0 Å². The lowest BCUT2D eigenvalue weighted by molar-refractivity contribution is 0.107. The Morgan fingerprint density at radius 3 is 2.74 bits per heavy atom. The SMILES string of the molecule is COC1CCC(NS(=O)(=O)c2ccc(Cl)c(Br)c2)C1. The molecule has 0 bridgehead atoms. The van der Waals surface area contributed by atoms with Crippen molar-refractivity contribution >= 4 is 37.6 Å². The maximum Gasteiger partial charge on any atom is 0.240 e. The molecule has 0 saturated heterocycles. The molecule has 1 aliphatic carbocycles. The summed E-state index contributed by atoms with van der Waals surface area (Å²) >= 11 is 9.09. The molecule has 106 valence electrons. The Kier molecular flexibility index (Phi) is 4.89. The van der Waals surface area contributed by atoms with Gasteiger partial charge in [0.15, 0.2) is 0 Å². The van der Waals surface area contributed by atoms with Gasteiger partial charge in [0.25, 0.3) is 0 Å². The van der Waals surface area contributed by atoms with Gasteiger partial charge in [-0.05, 0) is 53.4 Å². The average Bonchev–Trinajstić information content (AvgIpc) is 2.79.